The van der Waals surface area contributed by atoms with Gasteiger partial charge in [0.05, 0.1) is 11.2 Å². The number of nitrogens with zero attached hydrogens (tertiary/aromatic N) is 2. The Morgan fingerprint density at radius 2 is 1.93 bits per heavy atom. The number of carbonyl (C=O) groups is 2. The average molecular weight is 388 g/mol. The van der Waals surface area contributed by atoms with Crippen LogP contribution in [-0.4, -0.2) is 38.9 Å². The van der Waals surface area contributed by atoms with Gasteiger partial charge in [0.25, 0.3) is 5.91 Å². The molecule has 0 unspecified atom stereocenters. The SMILES string of the molecule is C[C@]1(CCc2ccccc2)NC(=O)N(/N=C/c2cc(O)c(O)c(Cl)c2)C1=O. The molecule has 3 amide bonds. The van der Waals surface area contributed by atoms with Gasteiger partial charge in [-0.2, -0.15) is 5.10 Å². The molecule has 1 saturated heterocycles. The standard InChI is InChI=1S/C19H18ClN3O4/c1-19(8-7-12-5-3-2-4-6-12)17(26)23(18(27)22-19)21-11-13-9-14(20)16(25)15(24)10-13/h2-6,9-11,24-25H,7-8H2,1H3,(H,22,27)/b21-11+/t19-/m1/s1. The van der Waals surface area contributed by atoms with E-state index in [9.17, 15) is 19.8 Å². The van der Waals surface area contributed by atoms with Crippen LogP contribution < -0.4 is 5.32 Å². The van der Waals surface area contributed by atoms with Gasteiger partial charge in [0, 0.05) is 0 Å². The summed E-state index contributed by atoms with van der Waals surface area (Å²) in [4.78, 5) is 24.9. The number of hydrogen-bond donors (Lipinski definition) is 3. The fourth-order valence-corrected chi connectivity index (χ4v) is 3.01. The number of halogens is 1. The highest BCUT2D eigenvalue weighted by molar-refractivity contribution is 6.32. The summed E-state index contributed by atoms with van der Waals surface area (Å²) in [5.74, 6) is -1.33. The third kappa shape index (κ3) is 3.88. The first kappa shape index (κ1) is 18.7. The normalized spacial score (nSPS) is 19.7. The molecule has 8 heteroatoms. The van der Waals surface area contributed by atoms with E-state index in [-0.39, 0.29) is 5.02 Å². The van der Waals surface area contributed by atoms with Crippen LogP contribution in [0.5, 0.6) is 11.5 Å². The van der Waals surface area contributed by atoms with Gasteiger partial charge in [-0.1, -0.05) is 41.9 Å². The molecule has 140 valence electrons. The van der Waals surface area contributed by atoms with Crippen LogP contribution in [0.25, 0.3) is 0 Å². The molecule has 1 atom stereocenters. The number of aromatic hydroxyl groups is 2. The summed E-state index contributed by atoms with van der Waals surface area (Å²) in [6, 6.07) is 11.6. The van der Waals surface area contributed by atoms with Crippen LogP contribution in [0.2, 0.25) is 5.02 Å². The molecule has 1 heterocycles. The minimum atomic E-state index is -1.06. The van der Waals surface area contributed by atoms with Crippen molar-refractivity contribution in [2.75, 3.05) is 0 Å². The number of phenolic OH excluding ortho intramolecular Hbond substituents is 2. The molecule has 0 radical (unpaired) electrons. The fraction of sp³-hybridized carbons (Fsp3) is 0.211. The van der Waals surface area contributed by atoms with Crippen molar-refractivity contribution in [3.05, 3.63) is 58.6 Å². The summed E-state index contributed by atoms with van der Waals surface area (Å²) in [5.41, 5.74) is 0.338. The number of nitrogens with one attached hydrogen (secondary N) is 1. The van der Waals surface area contributed by atoms with Gasteiger partial charge < -0.3 is 15.5 Å². The second kappa shape index (κ2) is 7.28. The lowest BCUT2D eigenvalue weighted by Gasteiger charge is -2.20. The van der Waals surface area contributed by atoms with E-state index in [0.29, 0.717) is 18.4 Å². The molecule has 0 bridgehead atoms. The summed E-state index contributed by atoms with van der Waals surface area (Å²) in [7, 11) is 0. The molecule has 1 aliphatic heterocycles. The van der Waals surface area contributed by atoms with Gasteiger partial charge in [-0.15, -0.1) is 5.01 Å². The molecular formula is C19H18ClN3O4. The van der Waals surface area contributed by atoms with Crippen molar-refractivity contribution >= 4 is 29.8 Å². The number of amides is 3. The first-order chi connectivity index (χ1) is 12.8. The summed E-state index contributed by atoms with van der Waals surface area (Å²) in [5, 5.41) is 26.3. The number of hydrogen-bond acceptors (Lipinski definition) is 5. The van der Waals surface area contributed by atoms with Crippen molar-refractivity contribution < 1.29 is 19.8 Å². The quantitative estimate of drug-likeness (QED) is 0.417. The molecule has 2 aromatic carbocycles. The van der Waals surface area contributed by atoms with Gasteiger partial charge in [-0.25, -0.2) is 4.79 Å². The van der Waals surface area contributed by atoms with Crippen molar-refractivity contribution in [2.45, 2.75) is 25.3 Å². The lowest BCUT2D eigenvalue weighted by atomic mass is 9.93. The zero-order chi connectivity index (χ0) is 19.6. The lowest BCUT2D eigenvalue weighted by molar-refractivity contribution is -0.130. The molecule has 0 aliphatic carbocycles. The molecule has 3 rings (SSSR count). The van der Waals surface area contributed by atoms with Crippen LogP contribution >= 0.6 is 11.6 Å². The molecule has 27 heavy (non-hydrogen) atoms. The zero-order valence-corrected chi connectivity index (χ0v) is 15.3. The minimum absolute atomic E-state index is 0.0682. The Hall–Kier alpha value is -3.06. The number of aryl methyl sites for hydroxylation is 1. The van der Waals surface area contributed by atoms with Gasteiger partial charge >= 0.3 is 6.03 Å². The highest BCUT2D eigenvalue weighted by atomic mass is 35.5. The number of phenols is 2. The van der Waals surface area contributed by atoms with Crippen molar-refractivity contribution in [2.24, 2.45) is 5.10 Å². The molecule has 2 aromatic rings. The van der Waals surface area contributed by atoms with Crippen LogP contribution in [0.4, 0.5) is 4.79 Å². The summed E-state index contributed by atoms with van der Waals surface area (Å²) in [6.45, 7) is 1.66. The van der Waals surface area contributed by atoms with E-state index in [1.807, 2.05) is 30.3 Å². The Kier molecular flexibility index (Phi) is 5.05. The minimum Gasteiger partial charge on any atom is -0.504 e. The van der Waals surface area contributed by atoms with Crippen LogP contribution in [0.3, 0.4) is 0 Å². The highest BCUT2D eigenvalue weighted by Crippen LogP contribution is 2.33. The maximum absolute atomic E-state index is 12.7. The van der Waals surface area contributed by atoms with Gasteiger partial charge in [-0.3, -0.25) is 4.79 Å². The molecule has 1 fully saturated rings. The topological polar surface area (TPSA) is 102 Å². The molecule has 0 spiro atoms. The number of hydrazone groups is 1. The van der Waals surface area contributed by atoms with E-state index in [1.165, 1.54) is 18.3 Å². The summed E-state index contributed by atoms with van der Waals surface area (Å²) < 4.78 is 0. The van der Waals surface area contributed by atoms with E-state index in [4.69, 9.17) is 11.6 Å². The molecule has 0 saturated carbocycles. The molecule has 3 N–H and O–H groups in total. The number of carbonyl (C=O) groups excluding carboxylic acids is 2. The second-order valence-corrected chi connectivity index (χ2v) is 6.89. The Labute approximate surface area is 160 Å². The Morgan fingerprint density at radius 1 is 1.22 bits per heavy atom. The summed E-state index contributed by atoms with van der Waals surface area (Å²) >= 11 is 5.79. The fourth-order valence-electron chi connectivity index (χ4n) is 2.79. The molecule has 0 aromatic heterocycles. The average Bonchev–Trinajstić information content (AvgIpc) is 2.86. The smallest absolute Gasteiger partial charge is 0.346 e. The van der Waals surface area contributed by atoms with Crippen molar-refractivity contribution in [3.8, 4) is 11.5 Å². The maximum atomic E-state index is 12.7. The number of rotatable bonds is 5. The largest absolute Gasteiger partial charge is 0.504 e. The number of benzene rings is 2. The van der Waals surface area contributed by atoms with Gasteiger partial charge in [0.1, 0.15) is 5.54 Å². The van der Waals surface area contributed by atoms with E-state index in [1.54, 1.807) is 6.92 Å². The van der Waals surface area contributed by atoms with Gasteiger partial charge in [0.2, 0.25) is 0 Å². The Bertz CT molecular complexity index is 893. The maximum Gasteiger partial charge on any atom is 0.346 e. The number of imide groups is 1. The van der Waals surface area contributed by atoms with Crippen molar-refractivity contribution in [1.82, 2.24) is 10.3 Å². The molecule has 1 aliphatic rings. The lowest BCUT2D eigenvalue weighted by Crippen LogP contribution is -2.44. The first-order valence-electron chi connectivity index (χ1n) is 8.26. The van der Waals surface area contributed by atoms with Crippen LogP contribution in [0.15, 0.2) is 47.6 Å². The Morgan fingerprint density at radius 3 is 2.59 bits per heavy atom. The Balaban J connectivity index is 1.73. The molecular weight excluding hydrogens is 370 g/mol. The zero-order valence-electron chi connectivity index (χ0n) is 14.5. The monoisotopic (exact) mass is 387 g/mol. The van der Waals surface area contributed by atoms with E-state index in [0.717, 1.165) is 10.6 Å². The third-order valence-corrected chi connectivity index (χ3v) is 4.67. The summed E-state index contributed by atoms with van der Waals surface area (Å²) in [6.07, 6.45) is 2.27. The predicted molar refractivity (Wildman–Crippen MR) is 101 cm³/mol. The first-order valence-corrected chi connectivity index (χ1v) is 8.64. The van der Waals surface area contributed by atoms with Crippen LogP contribution in [0, 0.1) is 0 Å². The van der Waals surface area contributed by atoms with Crippen LogP contribution in [-0.2, 0) is 11.2 Å². The number of urea groups is 1. The molecule has 7 nitrogen and oxygen atoms in total. The highest BCUT2D eigenvalue weighted by Gasteiger charge is 2.47. The third-order valence-electron chi connectivity index (χ3n) is 4.38. The second-order valence-electron chi connectivity index (χ2n) is 6.48. The van der Waals surface area contributed by atoms with Crippen LogP contribution in [0.1, 0.15) is 24.5 Å². The van der Waals surface area contributed by atoms with Gasteiger partial charge in [0.15, 0.2) is 11.5 Å². The van der Waals surface area contributed by atoms with E-state index < -0.39 is 29.0 Å². The predicted octanol–water partition coefficient (Wildman–Crippen LogP) is 3.03. The van der Waals surface area contributed by atoms with E-state index >= 15 is 0 Å². The van der Waals surface area contributed by atoms with Crippen molar-refractivity contribution in [1.29, 1.82) is 0 Å². The van der Waals surface area contributed by atoms with Crippen molar-refractivity contribution in [3.63, 3.8) is 0 Å². The van der Waals surface area contributed by atoms with E-state index in [2.05, 4.69) is 10.4 Å². The van der Waals surface area contributed by atoms with Gasteiger partial charge in [-0.05, 0) is 43.0 Å².